The SMILES string of the molecule is CCCCCCCCCCCC/C=C\CCCCCCCC(O)CC(=O)NC(COP(=O)(O)OC1C(O)C(O)C(O)C(O)C1O)C(O)CCCCC. The summed E-state index contributed by atoms with van der Waals surface area (Å²) < 4.78 is 22.5. The van der Waals surface area contributed by atoms with Crippen molar-refractivity contribution in [2.45, 2.75) is 216 Å². The lowest BCUT2D eigenvalue weighted by atomic mass is 9.85. The summed E-state index contributed by atoms with van der Waals surface area (Å²) in [6, 6.07) is -1.15. The predicted octanol–water partition coefficient (Wildman–Crippen LogP) is 5.08. The van der Waals surface area contributed by atoms with Crippen molar-refractivity contribution in [2.75, 3.05) is 6.61 Å². The van der Waals surface area contributed by atoms with Crippen LogP contribution in [0.2, 0.25) is 0 Å². The third-order valence-electron chi connectivity index (χ3n) is 9.88. The van der Waals surface area contributed by atoms with Gasteiger partial charge in [-0.3, -0.25) is 13.8 Å². The molecule has 8 atom stereocenters. The van der Waals surface area contributed by atoms with Crippen LogP contribution in [0.3, 0.4) is 0 Å². The van der Waals surface area contributed by atoms with Crippen molar-refractivity contribution in [3.8, 4) is 0 Å². The number of nitrogens with one attached hydrogen (secondary N) is 1. The van der Waals surface area contributed by atoms with Gasteiger partial charge in [0.25, 0.3) is 0 Å². The van der Waals surface area contributed by atoms with Gasteiger partial charge in [-0.05, 0) is 38.5 Å². The summed E-state index contributed by atoms with van der Waals surface area (Å²) in [5, 5.41) is 73.5. The molecule has 0 aliphatic heterocycles. The van der Waals surface area contributed by atoms with Crippen LogP contribution in [-0.2, 0) is 18.4 Å². The van der Waals surface area contributed by atoms with E-state index in [1.165, 1.54) is 64.2 Å². The van der Waals surface area contributed by atoms with Crippen LogP contribution in [0.5, 0.6) is 0 Å². The lowest BCUT2D eigenvalue weighted by Gasteiger charge is -2.41. The molecule has 1 amide bonds. The highest BCUT2D eigenvalue weighted by Gasteiger charge is 2.51. The summed E-state index contributed by atoms with van der Waals surface area (Å²) in [5.41, 5.74) is 0. The van der Waals surface area contributed by atoms with Crippen LogP contribution in [0.4, 0.5) is 0 Å². The van der Waals surface area contributed by atoms with Gasteiger partial charge < -0.3 is 46.0 Å². The Kier molecular flexibility index (Phi) is 27.7. The normalized spacial score (nSPS) is 25.2. The molecule has 8 unspecified atom stereocenters. The molecule has 9 N–H and O–H groups in total. The van der Waals surface area contributed by atoms with E-state index in [0.717, 1.165) is 57.8 Å². The molecule has 1 aliphatic rings. The number of phosphoric ester groups is 1. The fraction of sp³-hybridized carbons (Fsp3) is 0.921. The molecule has 0 radical (unpaired) electrons. The quantitative estimate of drug-likeness (QED) is 0.0248. The van der Waals surface area contributed by atoms with Gasteiger partial charge >= 0.3 is 7.82 Å². The van der Waals surface area contributed by atoms with Gasteiger partial charge in [0.05, 0.1) is 31.3 Å². The second-order valence-corrected chi connectivity index (χ2v) is 16.1. The van der Waals surface area contributed by atoms with Gasteiger partial charge in [-0.1, -0.05) is 129 Å². The van der Waals surface area contributed by atoms with Crippen LogP contribution in [-0.4, -0.2) is 108 Å². The molecule has 13 nitrogen and oxygen atoms in total. The Morgan fingerprint density at radius 2 is 1.08 bits per heavy atom. The zero-order valence-electron chi connectivity index (χ0n) is 32.0. The molecule has 1 aliphatic carbocycles. The Morgan fingerprint density at radius 3 is 1.60 bits per heavy atom. The average Bonchev–Trinajstić information content (AvgIpc) is 3.11. The lowest BCUT2D eigenvalue weighted by Crippen LogP contribution is -2.64. The van der Waals surface area contributed by atoms with E-state index >= 15 is 0 Å². The van der Waals surface area contributed by atoms with E-state index in [-0.39, 0.29) is 12.8 Å². The third-order valence-corrected chi connectivity index (χ3v) is 10.9. The van der Waals surface area contributed by atoms with Crippen LogP contribution in [0, 0.1) is 0 Å². The number of phosphoric acid groups is 1. The van der Waals surface area contributed by atoms with Crippen molar-refractivity contribution in [2.24, 2.45) is 0 Å². The molecule has 0 aromatic rings. The Bertz CT molecular complexity index is 958. The topological polar surface area (TPSA) is 226 Å². The number of aliphatic hydroxyl groups is 7. The van der Waals surface area contributed by atoms with Gasteiger partial charge in [0, 0.05) is 0 Å². The summed E-state index contributed by atoms with van der Waals surface area (Å²) in [4.78, 5) is 23.1. The molecule has 1 fully saturated rings. The molecular weight excluding hydrogens is 693 g/mol. The first-order valence-corrected chi connectivity index (χ1v) is 21.7. The summed E-state index contributed by atoms with van der Waals surface area (Å²) in [5.74, 6) is -0.577. The summed E-state index contributed by atoms with van der Waals surface area (Å²) >= 11 is 0. The number of carbonyl (C=O) groups excluding carboxylic acids is 1. The van der Waals surface area contributed by atoms with Gasteiger partial charge in [0.2, 0.25) is 5.91 Å². The highest BCUT2D eigenvalue weighted by Crippen LogP contribution is 2.47. The second kappa shape index (κ2) is 29.3. The first-order valence-electron chi connectivity index (χ1n) is 20.2. The lowest BCUT2D eigenvalue weighted by molar-refractivity contribution is -0.220. The first-order chi connectivity index (χ1) is 24.8. The molecule has 0 spiro atoms. The van der Waals surface area contributed by atoms with E-state index in [1.807, 2.05) is 6.92 Å². The summed E-state index contributed by atoms with van der Waals surface area (Å²) in [6.07, 6.45) is 14.1. The van der Waals surface area contributed by atoms with E-state index in [0.29, 0.717) is 12.8 Å². The van der Waals surface area contributed by atoms with Crippen molar-refractivity contribution in [3.63, 3.8) is 0 Å². The Hall–Kier alpha value is -0.960. The number of hydrogen-bond acceptors (Lipinski definition) is 11. The largest absolute Gasteiger partial charge is 0.472 e. The van der Waals surface area contributed by atoms with E-state index in [1.54, 1.807) is 0 Å². The number of amides is 1. The van der Waals surface area contributed by atoms with E-state index in [9.17, 15) is 50.0 Å². The molecular formula is C38H74NO12P. The van der Waals surface area contributed by atoms with E-state index < -0.39 is 75.2 Å². The number of allylic oxidation sites excluding steroid dienone is 2. The van der Waals surface area contributed by atoms with Gasteiger partial charge in [-0.2, -0.15) is 0 Å². The molecule has 0 aromatic heterocycles. The van der Waals surface area contributed by atoms with Gasteiger partial charge in [0.1, 0.15) is 36.6 Å². The van der Waals surface area contributed by atoms with Crippen molar-refractivity contribution in [1.29, 1.82) is 0 Å². The summed E-state index contributed by atoms with van der Waals surface area (Å²) in [6.45, 7) is 3.54. The van der Waals surface area contributed by atoms with Crippen LogP contribution >= 0.6 is 7.82 Å². The maximum absolute atomic E-state index is 12.8. The number of unbranched alkanes of at least 4 members (excludes halogenated alkanes) is 17. The van der Waals surface area contributed by atoms with Crippen LogP contribution in [0.25, 0.3) is 0 Å². The highest BCUT2D eigenvalue weighted by molar-refractivity contribution is 7.47. The number of rotatable bonds is 32. The fourth-order valence-corrected chi connectivity index (χ4v) is 7.44. The minimum atomic E-state index is -5.09. The standard InChI is InChI=1S/C38H74NO12P/c1-3-5-7-8-9-10-11-12-13-14-15-16-17-18-19-20-21-22-24-25-29(40)27-32(42)39-30(31(41)26-23-6-4-2)28-50-52(48,49)51-38-36(46)34(44)33(43)35(45)37(38)47/h16-17,29-31,33-38,40-41,43-47H,3-15,18-28H2,1-2H3,(H,39,42)(H,48,49)/b17-16-. The molecule has 1 saturated carbocycles. The molecule has 14 heteroatoms. The van der Waals surface area contributed by atoms with Crippen LogP contribution in [0.15, 0.2) is 12.2 Å². The maximum atomic E-state index is 12.8. The molecule has 0 aromatic carbocycles. The van der Waals surface area contributed by atoms with Crippen molar-refractivity contribution >= 4 is 13.7 Å². The maximum Gasteiger partial charge on any atom is 0.472 e. The molecule has 1 rings (SSSR count). The predicted molar refractivity (Wildman–Crippen MR) is 201 cm³/mol. The highest BCUT2D eigenvalue weighted by atomic mass is 31.2. The average molecular weight is 768 g/mol. The van der Waals surface area contributed by atoms with Crippen LogP contribution in [0.1, 0.15) is 162 Å². The van der Waals surface area contributed by atoms with Crippen molar-refractivity contribution in [3.05, 3.63) is 12.2 Å². The monoisotopic (exact) mass is 767 g/mol. The minimum Gasteiger partial charge on any atom is -0.393 e. The third kappa shape index (κ3) is 21.8. The minimum absolute atomic E-state index is 0.228. The Balaban J connectivity index is 2.34. The van der Waals surface area contributed by atoms with Crippen LogP contribution < -0.4 is 5.32 Å². The Labute approximate surface area is 312 Å². The summed E-state index contributed by atoms with van der Waals surface area (Å²) in [7, 11) is -5.09. The number of aliphatic hydroxyl groups excluding tert-OH is 7. The molecule has 308 valence electrons. The second-order valence-electron chi connectivity index (χ2n) is 14.7. The first kappa shape index (κ1) is 49.1. The molecule has 0 bridgehead atoms. The number of carbonyl (C=O) groups is 1. The van der Waals surface area contributed by atoms with Gasteiger partial charge in [-0.25, -0.2) is 4.57 Å². The fourth-order valence-electron chi connectivity index (χ4n) is 6.47. The zero-order valence-corrected chi connectivity index (χ0v) is 32.9. The zero-order chi connectivity index (χ0) is 38.8. The van der Waals surface area contributed by atoms with E-state index in [4.69, 9.17) is 9.05 Å². The van der Waals surface area contributed by atoms with Crippen molar-refractivity contribution < 1.29 is 59.0 Å². The van der Waals surface area contributed by atoms with E-state index in [2.05, 4.69) is 24.4 Å². The molecule has 0 heterocycles. The Morgan fingerprint density at radius 1 is 0.654 bits per heavy atom. The van der Waals surface area contributed by atoms with Gasteiger partial charge in [-0.15, -0.1) is 0 Å². The number of hydrogen-bond donors (Lipinski definition) is 9. The molecule has 52 heavy (non-hydrogen) atoms. The van der Waals surface area contributed by atoms with Gasteiger partial charge in [0.15, 0.2) is 0 Å². The van der Waals surface area contributed by atoms with Crippen molar-refractivity contribution in [1.82, 2.24) is 5.32 Å². The molecule has 0 saturated heterocycles. The smallest absolute Gasteiger partial charge is 0.393 e.